The highest BCUT2D eigenvalue weighted by atomic mass is 32.2. The Balaban J connectivity index is 1.59. The van der Waals surface area contributed by atoms with Crippen LogP contribution in [0, 0.1) is 19.7 Å². The van der Waals surface area contributed by atoms with Gasteiger partial charge >= 0.3 is 0 Å². The van der Waals surface area contributed by atoms with Crippen molar-refractivity contribution in [3.63, 3.8) is 0 Å². The van der Waals surface area contributed by atoms with Gasteiger partial charge in [-0.2, -0.15) is 0 Å². The molecule has 0 spiro atoms. The SMILES string of the molecule is Cc1sc2nc(SCC(=O)N(C)Cc3ccc(F)cc3)n(Cc3ccccn3)c(=O)c2c1C. The number of aryl methyl sites for hydroxylation is 2. The molecule has 170 valence electrons. The van der Waals surface area contributed by atoms with E-state index in [0.29, 0.717) is 21.9 Å². The zero-order valence-corrected chi connectivity index (χ0v) is 20.2. The van der Waals surface area contributed by atoms with Gasteiger partial charge in [-0.05, 0) is 49.2 Å². The second-order valence-corrected chi connectivity index (χ2v) is 9.88. The van der Waals surface area contributed by atoms with E-state index in [2.05, 4.69) is 4.98 Å². The fourth-order valence-corrected chi connectivity index (χ4v) is 5.41. The van der Waals surface area contributed by atoms with Crippen LogP contribution in [0.5, 0.6) is 0 Å². The number of aromatic nitrogens is 3. The highest BCUT2D eigenvalue weighted by Gasteiger charge is 2.19. The number of thiophene rings is 1. The molecule has 0 atom stereocenters. The molecule has 33 heavy (non-hydrogen) atoms. The lowest BCUT2D eigenvalue weighted by Gasteiger charge is -2.18. The van der Waals surface area contributed by atoms with E-state index in [0.717, 1.165) is 21.7 Å². The summed E-state index contributed by atoms with van der Waals surface area (Å²) in [6, 6.07) is 11.6. The van der Waals surface area contributed by atoms with Gasteiger partial charge in [0.05, 0.1) is 23.4 Å². The molecule has 0 bridgehead atoms. The van der Waals surface area contributed by atoms with Gasteiger partial charge in [0, 0.05) is 24.7 Å². The van der Waals surface area contributed by atoms with Gasteiger partial charge in [-0.15, -0.1) is 11.3 Å². The lowest BCUT2D eigenvalue weighted by Crippen LogP contribution is -2.29. The van der Waals surface area contributed by atoms with Crippen LogP contribution in [0.1, 0.15) is 21.7 Å². The van der Waals surface area contributed by atoms with Gasteiger partial charge in [-0.3, -0.25) is 19.1 Å². The Bertz CT molecular complexity index is 1350. The quantitative estimate of drug-likeness (QED) is 0.288. The average Bonchev–Trinajstić information content (AvgIpc) is 3.09. The van der Waals surface area contributed by atoms with Crippen molar-refractivity contribution < 1.29 is 9.18 Å². The number of carbonyl (C=O) groups is 1. The number of thioether (sulfide) groups is 1. The zero-order chi connectivity index (χ0) is 23.5. The van der Waals surface area contributed by atoms with Gasteiger partial charge in [0.25, 0.3) is 5.56 Å². The summed E-state index contributed by atoms with van der Waals surface area (Å²) in [5.41, 5.74) is 2.40. The van der Waals surface area contributed by atoms with Gasteiger partial charge in [0.2, 0.25) is 5.91 Å². The molecule has 0 aliphatic rings. The zero-order valence-electron chi connectivity index (χ0n) is 18.5. The lowest BCUT2D eigenvalue weighted by molar-refractivity contribution is -0.127. The number of fused-ring (bicyclic) bond motifs is 1. The van der Waals surface area contributed by atoms with Crippen molar-refractivity contribution in [3.05, 3.63) is 86.5 Å². The summed E-state index contributed by atoms with van der Waals surface area (Å²) in [6.45, 7) is 4.56. The summed E-state index contributed by atoms with van der Waals surface area (Å²) in [5, 5.41) is 1.11. The van der Waals surface area contributed by atoms with Crippen LogP contribution >= 0.6 is 23.1 Å². The van der Waals surface area contributed by atoms with E-state index >= 15 is 0 Å². The van der Waals surface area contributed by atoms with E-state index in [1.54, 1.807) is 34.8 Å². The van der Waals surface area contributed by atoms with E-state index in [1.807, 2.05) is 32.0 Å². The number of pyridine rings is 1. The van der Waals surface area contributed by atoms with Crippen LogP contribution in [-0.2, 0) is 17.9 Å². The predicted octanol–water partition coefficient (Wildman–Crippen LogP) is 4.41. The number of benzene rings is 1. The number of hydrogen-bond acceptors (Lipinski definition) is 6. The standard InChI is InChI=1S/C24H23FN4O2S2/c1-15-16(2)33-22-21(15)23(31)29(13-19-6-4-5-11-26-19)24(27-22)32-14-20(30)28(3)12-17-7-9-18(25)10-8-17/h4-11H,12-14H2,1-3H3. The fourth-order valence-electron chi connectivity index (χ4n) is 3.40. The fraction of sp³-hybridized carbons (Fsp3) is 0.250. The summed E-state index contributed by atoms with van der Waals surface area (Å²) in [6.07, 6.45) is 1.69. The molecular formula is C24H23FN4O2S2. The third-order valence-electron chi connectivity index (χ3n) is 5.38. The number of hydrogen-bond donors (Lipinski definition) is 0. The topological polar surface area (TPSA) is 68.1 Å². The van der Waals surface area contributed by atoms with Crippen molar-refractivity contribution in [2.24, 2.45) is 0 Å². The van der Waals surface area contributed by atoms with Crippen molar-refractivity contribution in [1.29, 1.82) is 0 Å². The number of rotatable bonds is 7. The van der Waals surface area contributed by atoms with Crippen LogP contribution in [0.25, 0.3) is 10.2 Å². The van der Waals surface area contributed by atoms with E-state index in [-0.39, 0.29) is 29.6 Å². The normalized spacial score (nSPS) is 11.2. The first-order valence-corrected chi connectivity index (χ1v) is 12.2. The van der Waals surface area contributed by atoms with Gasteiger partial charge in [0.1, 0.15) is 10.6 Å². The van der Waals surface area contributed by atoms with Crippen LogP contribution in [0.3, 0.4) is 0 Å². The third kappa shape index (κ3) is 5.15. The van der Waals surface area contributed by atoms with E-state index in [9.17, 15) is 14.0 Å². The molecule has 0 unspecified atom stereocenters. The number of amides is 1. The van der Waals surface area contributed by atoms with Gasteiger partial charge in [0.15, 0.2) is 5.16 Å². The molecule has 4 rings (SSSR count). The second kappa shape index (κ2) is 9.84. The Kier molecular flexibility index (Phi) is 6.90. The van der Waals surface area contributed by atoms with Crippen LogP contribution < -0.4 is 5.56 Å². The van der Waals surface area contributed by atoms with Crippen LogP contribution in [0.4, 0.5) is 4.39 Å². The molecule has 0 fully saturated rings. The Morgan fingerprint density at radius 2 is 1.94 bits per heavy atom. The maximum absolute atomic E-state index is 13.4. The molecule has 0 aliphatic heterocycles. The first-order valence-electron chi connectivity index (χ1n) is 10.3. The van der Waals surface area contributed by atoms with Crippen molar-refractivity contribution in [2.45, 2.75) is 32.1 Å². The van der Waals surface area contributed by atoms with Crippen molar-refractivity contribution >= 4 is 39.2 Å². The molecule has 9 heteroatoms. The number of nitrogens with zero attached hydrogens (tertiary/aromatic N) is 4. The highest BCUT2D eigenvalue weighted by molar-refractivity contribution is 7.99. The first kappa shape index (κ1) is 23.1. The summed E-state index contributed by atoms with van der Waals surface area (Å²) in [5.74, 6) is -0.294. The highest BCUT2D eigenvalue weighted by Crippen LogP contribution is 2.28. The summed E-state index contributed by atoms with van der Waals surface area (Å²) < 4.78 is 14.7. The average molecular weight is 483 g/mol. The lowest BCUT2D eigenvalue weighted by atomic mass is 10.2. The molecule has 6 nitrogen and oxygen atoms in total. The minimum atomic E-state index is -0.310. The van der Waals surface area contributed by atoms with Crippen LogP contribution in [0.15, 0.2) is 58.6 Å². The Morgan fingerprint density at radius 3 is 2.64 bits per heavy atom. The number of halogens is 1. The molecule has 4 aromatic rings. The second-order valence-electron chi connectivity index (χ2n) is 7.74. The van der Waals surface area contributed by atoms with Gasteiger partial charge in [-0.25, -0.2) is 9.37 Å². The van der Waals surface area contributed by atoms with Crippen molar-refractivity contribution in [3.8, 4) is 0 Å². The molecule has 0 saturated carbocycles. The minimum absolute atomic E-state index is 0.110. The van der Waals surface area contributed by atoms with Gasteiger partial charge in [-0.1, -0.05) is 30.0 Å². The van der Waals surface area contributed by atoms with E-state index in [1.165, 1.54) is 35.2 Å². The molecule has 0 aliphatic carbocycles. The van der Waals surface area contributed by atoms with Crippen LogP contribution in [-0.4, -0.2) is 38.1 Å². The molecule has 0 N–H and O–H groups in total. The van der Waals surface area contributed by atoms with Crippen molar-refractivity contribution in [1.82, 2.24) is 19.4 Å². The smallest absolute Gasteiger partial charge is 0.263 e. The Hall–Kier alpha value is -3.04. The largest absolute Gasteiger partial charge is 0.341 e. The summed E-state index contributed by atoms with van der Waals surface area (Å²) in [4.78, 5) is 38.6. The molecule has 3 heterocycles. The Labute approximate surface area is 199 Å². The maximum atomic E-state index is 13.4. The molecule has 0 saturated heterocycles. The monoisotopic (exact) mass is 482 g/mol. The van der Waals surface area contributed by atoms with Crippen molar-refractivity contribution in [2.75, 3.05) is 12.8 Å². The molecule has 1 amide bonds. The van der Waals surface area contributed by atoms with E-state index in [4.69, 9.17) is 4.98 Å². The third-order valence-corrected chi connectivity index (χ3v) is 7.45. The van der Waals surface area contributed by atoms with E-state index < -0.39 is 0 Å². The van der Waals surface area contributed by atoms with Crippen LogP contribution in [0.2, 0.25) is 0 Å². The Morgan fingerprint density at radius 1 is 1.18 bits per heavy atom. The molecule has 1 aromatic carbocycles. The molecule has 0 radical (unpaired) electrons. The maximum Gasteiger partial charge on any atom is 0.263 e. The van der Waals surface area contributed by atoms with Gasteiger partial charge < -0.3 is 4.90 Å². The predicted molar refractivity (Wildman–Crippen MR) is 130 cm³/mol. The first-order chi connectivity index (χ1) is 15.8. The molecule has 3 aromatic heterocycles. The minimum Gasteiger partial charge on any atom is -0.341 e. The summed E-state index contributed by atoms with van der Waals surface area (Å²) >= 11 is 2.73. The molecular weight excluding hydrogens is 459 g/mol. The summed E-state index contributed by atoms with van der Waals surface area (Å²) in [7, 11) is 1.70. The number of carbonyl (C=O) groups excluding carboxylic acids is 1.